The average Bonchev–Trinajstić information content (AvgIpc) is 2.54. The lowest BCUT2D eigenvalue weighted by Gasteiger charge is -2.31. The Morgan fingerprint density at radius 3 is 2.59 bits per heavy atom. The summed E-state index contributed by atoms with van der Waals surface area (Å²) in [6.07, 6.45) is 0. The quantitative estimate of drug-likeness (QED) is 0.887. The van der Waals surface area contributed by atoms with Crippen molar-refractivity contribution < 1.29 is 4.79 Å². The molecular weight excluding hydrogens is 298 g/mol. The number of nitrogens with zero attached hydrogens (tertiary/aromatic N) is 1. The fraction of sp³-hybridized carbons (Fsp3) is 0.176. The van der Waals surface area contributed by atoms with Crippen LogP contribution in [0, 0.1) is 11.3 Å². The predicted octanol–water partition coefficient (Wildman–Crippen LogP) is 3.75. The zero-order valence-electron chi connectivity index (χ0n) is 11.9. The first-order valence-corrected chi connectivity index (χ1v) is 7.33. The molecule has 4 nitrogen and oxygen atoms in total. The molecule has 1 amide bonds. The molecule has 3 rings (SSSR count). The van der Waals surface area contributed by atoms with E-state index in [9.17, 15) is 4.79 Å². The Morgan fingerprint density at radius 2 is 1.91 bits per heavy atom. The smallest absolute Gasteiger partial charge is 0.247 e. The first-order valence-electron chi connectivity index (χ1n) is 6.95. The molecule has 2 aromatic carbocycles. The van der Waals surface area contributed by atoms with Gasteiger partial charge in [0.2, 0.25) is 5.91 Å². The molecule has 0 aliphatic carbocycles. The Balaban J connectivity index is 1.87. The van der Waals surface area contributed by atoms with E-state index in [2.05, 4.69) is 16.7 Å². The summed E-state index contributed by atoms with van der Waals surface area (Å²) in [5.41, 5.74) is 3.15. The lowest BCUT2D eigenvalue weighted by Crippen LogP contribution is -2.42. The molecule has 1 unspecified atom stereocenters. The Hall–Kier alpha value is -2.51. The standard InChI is InChI=1S/C17H14ClN3O/c1-10(12-4-2-11(9-19)3-5-12)16-17(22)21-14-7-6-13(18)8-15(14)20-16/h2-8,10,16,20H,1H3,(H,21,22)/t10?,16-/m1/s1. The van der Waals surface area contributed by atoms with Crippen molar-refractivity contribution in [1.82, 2.24) is 0 Å². The van der Waals surface area contributed by atoms with Crippen LogP contribution in [-0.4, -0.2) is 11.9 Å². The van der Waals surface area contributed by atoms with Gasteiger partial charge in [0.05, 0.1) is 23.0 Å². The molecule has 1 aliphatic rings. The number of hydrogen-bond donors (Lipinski definition) is 2. The van der Waals surface area contributed by atoms with Crippen molar-refractivity contribution in [2.45, 2.75) is 18.9 Å². The third-order valence-electron chi connectivity index (χ3n) is 3.90. The number of nitriles is 1. The van der Waals surface area contributed by atoms with Gasteiger partial charge in [0.1, 0.15) is 6.04 Å². The molecule has 0 radical (unpaired) electrons. The highest BCUT2D eigenvalue weighted by Crippen LogP contribution is 2.33. The fourth-order valence-corrected chi connectivity index (χ4v) is 2.77. The second-order valence-corrected chi connectivity index (χ2v) is 5.76. The van der Waals surface area contributed by atoms with Gasteiger partial charge in [-0.2, -0.15) is 5.26 Å². The van der Waals surface area contributed by atoms with Crippen LogP contribution in [0.5, 0.6) is 0 Å². The van der Waals surface area contributed by atoms with Crippen molar-refractivity contribution in [1.29, 1.82) is 5.26 Å². The van der Waals surface area contributed by atoms with Crippen LogP contribution < -0.4 is 10.6 Å². The van der Waals surface area contributed by atoms with Gasteiger partial charge < -0.3 is 10.6 Å². The summed E-state index contributed by atoms with van der Waals surface area (Å²) in [6, 6.07) is 14.3. The van der Waals surface area contributed by atoms with Crippen LogP contribution in [0.2, 0.25) is 5.02 Å². The zero-order chi connectivity index (χ0) is 15.7. The van der Waals surface area contributed by atoms with Crippen molar-refractivity contribution in [2.75, 3.05) is 10.6 Å². The van der Waals surface area contributed by atoms with Crippen molar-refractivity contribution in [3.05, 3.63) is 58.6 Å². The van der Waals surface area contributed by atoms with Crippen molar-refractivity contribution in [3.8, 4) is 6.07 Å². The maximum atomic E-state index is 12.3. The van der Waals surface area contributed by atoms with Crippen LogP contribution in [0.3, 0.4) is 0 Å². The summed E-state index contributed by atoms with van der Waals surface area (Å²) in [6.45, 7) is 1.98. The monoisotopic (exact) mass is 311 g/mol. The number of benzene rings is 2. The molecule has 0 bridgehead atoms. The number of hydrogen-bond acceptors (Lipinski definition) is 3. The van der Waals surface area contributed by atoms with Crippen LogP contribution >= 0.6 is 11.6 Å². The molecule has 0 spiro atoms. The van der Waals surface area contributed by atoms with Gasteiger partial charge in [0, 0.05) is 10.9 Å². The Bertz CT molecular complexity index is 764. The highest BCUT2D eigenvalue weighted by molar-refractivity contribution is 6.31. The van der Waals surface area contributed by atoms with E-state index in [0.29, 0.717) is 10.6 Å². The third-order valence-corrected chi connectivity index (χ3v) is 4.13. The number of nitrogens with one attached hydrogen (secondary N) is 2. The highest BCUT2D eigenvalue weighted by Gasteiger charge is 2.31. The second kappa shape index (κ2) is 5.70. The lowest BCUT2D eigenvalue weighted by atomic mass is 9.90. The average molecular weight is 312 g/mol. The van der Waals surface area contributed by atoms with Gasteiger partial charge in [0.15, 0.2) is 0 Å². The molecule has 2 aromatic rings. The first-order chi connectivity index (χ1) is 10.6. The molecule has 2 N–H and O–H groups in total. The molecule has 5 heteroatoms. The van der Waals surface area contributed by atoms with E-state index in [4.69, 9.17) is 16.9 Å². The first kappa shape index (κ1) is 14.4. The van der Waals surface area contributed by atoms with E-state index in [0.717, 1.165) is 16.9 Å². The minimum Gasteiger partial charge on any atom is -0.371 e. The second-order valence-electron chi connectivity index (χ2n) is 5.32. The molecule has 1 heterocycles. The molecule has 0 saturated carbocycles. The number of carbonyl (C=O) groups excluding carboxylic acids is 1. The van der Waals surface area contributed by atoms with E-state index < -0.39 is 0 Å². The Labute approximate surface area is 133 Å². The largest absolute Gasteiger partial charge is 0.371 e. The zero-order valence-corrected chi connectivity index (χ0v) is 12.7. The van der Waals surface area contributed by atoms with Crippen molar-refractivity contribution in [2.24, 2.45) is 0 Å². The maximum absolute atomic E-state index is 12.3. The third kappa shape index (κ3) is 2.63. The normalized spacial score (nSPS) is 17.7. The molecule has 1 aliphatic heterocycles. The molecule has 22 heavy (non-hydrogen) atoms. The van der Waals surface area contributed by atoms with Crippen LogP contribution in [0.15, 0.2) is 42.5 Å². The van der Waals surface area contributed by atoms with E-state index in [1.165, 1.54) is 0 Å². The summed E-state index contributed by atoms with van der Waals surface area (Å²) < 4.78 is 0. The van der Waals surface area contributed by atoms with Gasteiger partial charge >= 0.3 is 0 Å². The maximum Gasteiger partial charge on any atom is 0.247 e. The van der Waals surface area contributed by atoms with E-state index in [1.807, 2.05) is 19.1 Å². The van der Waals surface area contributed by atoms with Crippen LogP contribution in [0.25, 0.3) is 0 Å². The van der Waals surface area contributed by atoms with Crippen LogP contribution in [0.1, 0.15) is 24.0 Å². The summed E-state index contributed by atoms with van der Waals surface area (Å²) in [7, 11) is 0. The van der Waals surface area contributed by atoms with Gasteiger partial charge in [-0.15, -0.1) is 0 Å². The molecule has 0 fully saturated rings. The highest BCUT2D eigenvalue weighted by atomic mass is 35.5. The van der Waals surface area contributed by atoms with Gasteiger partial charge in [-0.1, -0.05) is 30.7 Å². The molecule has 0 saturated heterocycles. The minimum atomic E-state index is -0.390. The van der Waals surface area contributed by atoms with E-state index in [-0.39, 0.29) is 17.9 Å². The summed E-state index contributed by atoms with van der Waals surface area (Å²) in [5, 5.41) is 15.6. The van der Waals surface area contributed by atoms with Gasteiger partial charge in [0.25, 0.3) is 0 Å². The SMILES string of the molecule is CC(c1ccc(C#N)cc1)[C@H]1Nc2cc(Cl)ccc2NC1=O. The topological polar surface area (TPSA) is 64.9 Å². The summed E-state index contributed by atoms with van der Waals surface area (Å²) in [4.78, 5) is 12.3. The van der Waals surface area contributed by atoms with Crippen LogP contribution in [-0.2, 0) is 4.79 Å². The van der Waals surface area contributed by atoms with Crippen molar-refractivity contribution >= 4 is 28.9 Å². The molecule has 0 aromatic heterocycles. The number of carbonyl (C=O) groups is 1. The molecular formula is C17H14ClN3O. The Morgan fingerprint density at radius 1 is 1.18 bits per heavy atom. The number of anilines is 2. The Kier molecular flexibility index (Phi) is 3.74. The number of rotatable bonds is 2. The lowest BCUT2D eigenvalue weighted by molar-refractivity contribution is -0.117. The van der Waals surface area contributed by atoms with Gasteiger partial charge in [-0.3, -0.25) is 4.79 Å². The summed E-state index contributed by atoms with van der Waals surface area (Å²) >= 11 is 6.01. The number of halogens is 1. The van der Waals surface area contributed by atoms with Gasteiger partial charge in [-0.05, 0) is 35.9 Å². The molecule has 2 atom stereocenters. The van der Waals surface area contributed by atoms with Crippen LogP contribution in [0.4, 0.5) is 11.4 Å². The fourth-order valence-electron chi connectivity index (χ4n) is 2.59. The number of fused-ring (bicyclic) bond motifs is 1. The van der Waals surface area contributed by atoms with Gasteiger partial charge in [-0.25, -0.2) is 0 Å². The summed E-state index contributed by atoms with van der Waals surface area (Å²) in [5.74, 6) is -0.119. The minimum absolute atomic E-state index is 0.0418. The number of amides is 1. The molecule has 110 valence electrons. The van der Waals surface area contributed by atoms with E-state index in [1.54, 1.807) is 30.3 Å². The van der Waals surface area contributed by atoms with E-state index >= 15 is 0 Å². The predicted molar refractivity (Wildman–Crippen MR) is 87.1 cm³/mol. The van der Waals surface area contributed by atoms with Crippen molar-refractivity contribution in [3.63, 3.8) is 0 Å².